The number of hydrogen-bond acceptors (Lipinski definition) is 2. The van der Waals surface area contributed by atoms with Gasteiger partial charge in [-0.15, -0.1) is 0 Å². The van der Waals surface area contributed by atoms with Gasteiger partial charge < -0.3 is 5.32 Å². The molecule has 1 atom stereocenters. The molecule has 2 aromatic rings. The molecule has 0 aliphatic carbocycles. The Morgan fingerprint density at radius 1 is 1.33 bits per heavy atom. The van der Waals surface area contributed by atoms with Crippen LogP contribution in [0.4, 0.5) is 5.69 Å². The lowest BCUT2D eigenvalue weighted by Crippen LogP contribution is -2.05. The van der Waals surface area contributed by atoms with Crippen LogP contribution >= 0.6 is 15.9 Å². The third kappa shape index (κ3) is 2.59. The molecule has 1 aromatic heterocycles. The maximum absolute atomic E-state index is 3.89. The Bertz CT molecular complexity index is 408. The molecule has 3 nitrogen and oxygen atoms in total. The van der Waals surface area contributed by atoms with Crippen molar-refractivity contribution in [2.45, 2.75) is 13.0 Å². The Labute approximate surface area is 97.0 Å². The summed E-state index contributed by atoms with van der Waals surface area (Å²) in [6, 6.07) is 8.56. The molecule has 0 spiro atoms. The summed E-state index contributed by atoms with van der Waals surface area (Å²) in [6.45, 7) is 2.12. The van der Waals surface area contributed by atoms with Crippen LogP contribution in [0, 0.1) is 0 Å². The zero-order valence-corrected chi connectivity index (χ0v) is 9.95. The molecule has 0 amide bonds. The molecule has 78 valence electrons. The van der Waals surface area contributed by atoms with Gasteiger partial charge in [-0.1, -0.05) is 28.1 Å². The van der Waals surface area contributed by atoms with Gasteiger partial charge in [-0.3, -0.25) is 5.10 Å². The molecule has 0 radical (unpaired) electrons. The molecule has 2 rings (SSSR count). The van der Waals surface area contributed by atoms with E-state index < -0.39 is 0 Å². The molecular weight excluding hydrogens is 254 g/mol. The van der Waals surface area contributed by atoms with E-state index in [0.717, 1.165) is 10.2 Å². The van der Waals surface area contributed by atoms with Gasteiger partial charge >= 0.3 is 0 Å². The van der Waals surface area contributed by atoms with Crippen molar-refractivity contribution in [1.29, 1.82) is 0 Å². The van der Waals surface area contributed by atoms with Crippen molar-refractivity contribution in [2.75, 3.05) is 5.32 Å². The van der Waals surface area contributed by atoms with E-state index in [4.69, 9.17) is 0 Å². The summed E-state index contributed by atoms with van der Waals surface area (Å²) in [5.41, 5.74) is 2.25. The van der Waals surface area contributed by atoms with Gasteiger partial charge in [-0.2, -0.15) is 5.10 Å². The van der Waals surface area contributed by atoms with E-state index in [0.29, 0.717) is 0 Å². The van der Waals surface area contributed by atoms with Crippen molar-refractivity contribution in [3.63, 3.8) is 0 Å². The molecule has 1 aromatic carbocycles. The number of hydrogen-bond donors (Lipinski definition) is 2. The number of benzene rings is 1. The van der Waals surface area contributed by atoms with Gasteiger partial charge in [0.15, 0.2) is 0 Å². The Morgan fingerprint density at radius 3 is 2.67 bits per heavy atom. The van der Waals surface area contributed by atoms with Crippen LogP contribution in [0.2, 0.25) is 0 Å². The zero-order chi connectivity index (χ0) is 10.7. The quantitative estimate of drug-likeness (QED) is 0.894. The lowest BCUT2D eigenvalue weighted by Gasteiger charge is -2.13. The highest BCUT2D eigenvalue weighted by Crippen LogP contribution is 2.20. The summed E-state index contributed by atoms with van der Waals surface area (Å²) in [5, 5.41) is 10.0. The van der Waals surface area contributed by atoms with Gasteiger partial charge in [0.1, 0.15) is 0 Å². The second-order valence-electron chi connectivity index (χ2n) is 3.40. The van der Waals surface area contributed by atoms with Crippen LogP contribution in [0.1, 0.15) is 18.5 Å². The molecule has 0 saturated heterocycles. The maximum Gasteiger partial charge on any atom is 0.0728 e. The third-order valence-corrected chi connectivity index (χ3v) is 2.78. The summed E-state index contributed by atoms with van der Waals surface area (Å²) in [6.07, 6.45) is 3.62. The van der Waals surface area contributed by atoms with Crippen LogP contribution in [0.5, 0.6) is 0 Å². The first-order valence-corrected chi connectivity index (χ1v) is 5.56. The SMILES string of the molecule is CC(Nc1cn[nH]c1)c1ccc(Br)cc1. The number of H-pyrrole nitrogens is 1. The minimum absolute atomic E-state index is 0.274. The number of aromatic amines is 1. The molecule has 0 fully saturated rings. The Hall–Kier alpha value is -1.29. The first-order valence-electron chi connectivity index (χ1n) is 4.76. The van der Waals surface area contributed by atoms with Crippen molar-refractivity contribution >= 4 is 21.6 Å². The van der Waals surface area contributed by atoms with E-state index in [2.05, 4.69) is 50.5 Å². The van der Waals surface area contributed by atoms with Gasteiger partial charge in [0, 0.05) is 16.7 Å². The van der Waals surface area contributed by atoms with Gasteiger partial charge in [-0.25, -0.2) is 0 Å². The van der Waals surface area contributed by atoms with Crippen molar-refractivity contribution in [3.8, 4) is 0 Å². The first kappa shape index (κ1) is 10.2. The topological polar surface area (TPSA) is 40.7 Å². The average molecular weight is 266 g/mol. The summed E-state index contributed by atoms with van der Waals surface area (Å²) >= 11 is 3.42. The van der Waals surface area contributed by atoms with Crippen molar-refractivity contribution in [1.82, 2.24) is 10.2 Å². The van der Waals surface area contributed by atoms with Crippen LogP contribution in [-0.4, -0.2) is 10.2 Å². The van der Waals surface area contributed by atoms with Crippen LogP contribution in [0.3, 0.4) is 0 Å². The van der Waals surface area contributed by atoms with Crippen LogP contribution in [-0.2, 0) is 0 Å². The van der Waals surface area contributed by atoms with E-state index in [1.165, 1.54) is 5.56 Å². The van der Waals surface area contributed by atoms with Crippen LogP contribution < -0.4 is 5.32 Å². The molecule has 2 N–H and O–H groups in total. The van der Waals surface area contributed by atoms with E-state index in [-0.39, 0.29) is 6.04 Å². The molecular formula is C11H12BrN3. The Morgan fingerprint density at radius 2 is 2.07 bits per heavy atom. The van der Waals surface area contributed by atoms with Crippen molar-refractivity contribution in [3.05, 3.63) is 46.7 Å². The monoisotopic (exact) mass is 265 g/mol. The van der Waals surface area contributed by atoms with E-state index in [9.17, 15) is 0 Å². The second kappa shape index (κ2) is 4.49. The number of halogens is 1. The van der Waals surface area contributed by atoms with E-state index in [1.807, 2.05) is 18.3 Å². The number of aromatic nitrogens is 2. The summed E-state index contributed by atoms with van der Waals surface area (Å²) in [4.78, 5) is 0. The molecule has 0 saturated carbocycles. The van der Waals surface area contributed by atoms with Gasteiger partial charge in [0.25, 0.3) is 0 Å². The summed E-state index contributed by atoms with van der Waals surface area (Å²) < 4.78 is 1.10. The fraction of sp³-hybridized carbons (Fsp3) is 0.182. The lowest BCUT2D eigenvalue weighted by atomic mass is 10.1. The van der Waals surface area contributed by atoms with E-state index in [1.54, 1.807) is 6.20 Å². The maximum atomic E-state index is 3.89. The average Bonchev–Trinajstić information content (AvgIpc) is 2.71. The van der Waals surface area contributed by atoms with Gasteiger partial charge in [0.2, 0.25) is 0 Å². The minimum atomic E-state index is 0.274. The van der Waals surface area contributed by atoms with Crippen molar-refractivity contribution < 1.29 is 0 Å². The Balaban J connectivity index is 2.08. The fourth-order valence-corrected chi connectivity index (χ4v) is 1.68. The molecule has 15 heavy (non-hydrogen) atoms. The summed E-state index contributed by atoms with van der Waals surface area (Å²) in [7, 11) is 0. The normalized spacial score (nSPS) is 12.4. The fourth-order valence-electron chi connectivity index (χ4n) is 1.41. The molecule has 0 bridgehead atoms. The minimum Gasteiger partial charge on any atom is -0.376 e. The predicted octanol–water partition coefficient (Wildman–Crippen LogP) is 3.35. The van der Waals surface area contributed by atoms with Gasteiger partial charge in [-0.05, 0) is 24.6 Å². The highest BCUT2D eigenvalue weighted by Gasteiger charge is 2.04. The molecule has 4 heteroatoms. The number of anilines is 1. The second-order valence-corrected chi connectivity index (χ2v) is 4.32. The van der Waals surface area contributed by atoms with Gasteiger partial charge in [0.05, 0.1) is 11.9 Å². The number of nitrogens with one attached hydrogen (secondary N) is 2. The third-order valence-electron chi connectivity index (χ3n) is 2.25. The molecule has 1 unspecified atom stereocenters. The predicted molar refractivity (Wildman–Crippen MR) is 64.8 cm³/mol. The summed E-state index contributed by atoms with van der Waals surface area (Å²) in [5.74, 6) is 0. The highest BCUT2D eigenvalue weighted by molar-refractivity contribution is 9.10. The van der Waals surface area contributed by atoms with Crippen LogP contribution in [0.25, 0.3) is 0 Å². The molecule has 0 aliphatic heterocycles. The largest absolute Gasteiger partial charge is 0.376 e. The smallest absolute Gasteiger partial charge is 0.0728 e. The first-order chi connectivity index (χ1) is 7.25. The lowest BCUT2D eigenvalue weighted by molar-refractivity contribution is 0.885. The Kier molecular flexibility index (Phi) is 3.06. The van der Waals surface area contributed by atoms with Crippen LogP contribution in [0.15, 0.2) is 41.1 Å². The highest BCUT2D eigenvalue weighted by atomic mass is 79.9. The number of nitrogens with zero attached hydrogens (tertiary/aromatic N) is 1. The zero-order valence-electron chi connectivity index (χ0n) is 8.37. The van der Waals surface area contributed by atoms with E-state index >= 15 is 0 Å². The molecule has 1 heterocycles. The molecule has 0 aliphatic rings. The number of rotatable bonds is 3. The van der Waals surface area contributed by atoms with Crippen molar-refractivity contribution in [2.24, 2.45) is 0 Å². The standard InChI is InChI=1S/C11H12BrN3/c1-8(15-11-6-13-14-7-11)9-2-4-10(12)5-3-9/h2-8,15H,1H3,(H,13,14).